The van der Waals surface area contributed by atoms with Gasteiger partial charge < -0.3 is 5.32 Å². The lowest BCUT2D eigenvalue weighted by molar-refractivity contribution is 0.102. The molecular formula is C16H12Cl2N4O. The predicted octanol–water partition coefficient (Wildman–Crippen LogP) is 4.13. The van der Waals surface area contributed by atoms with E-state index in [1.54, 1.807) is 36.0 Å². The number of aromatic nitrogens is 3. The highest BCUT2D eigenvalue weighted by molar-refractivity contribution is 6.44. The summed E-state index contributed by atoms with van der Waals surface area (Å²) in [6.45, 7) is 1.80. The van der Waals surface area contributed by atoms with E-state index in [1.807, 2.05) is 18.2 Å². The number of hydrogen-bond donors (Lipinski definition) is 1. The second-order valence-corrected chi connectivity index (χ2v) is 5.58. The Morgan fingerprint density at radius 3 is 2.74 bits per heavy atom. The number of nitrogens with zero attached hydrogens (tertiary/aromatic N) is 3. The van der Waals surface area contributed by atoms with Crippen LogP contribution in [0.5, 0.6) is 0 Å². The van der Waals surface area contributed by atoms with E-state index >= 15 is 0 Å². The van der Waals surface area contributed by atoms with Crippen molar-refractivity contribution in [1.82, 2.24) is 14.8 Å². The fourth-order valence-corrected chi connectivity index (χ4v) is 2.48. The van der Waals surface area contributed by atoms with Crippen molar-refractivity contribution >= 4 is 34.8 Å². The van der Waals surface area contributed by atoms with Crippen LogP contribution in [0.4, 0.5) is 5.69 Å². The zero-order valence-electron chi connectivity index (χ0n) is 12.1. The van der Waals surface area contributed by atoms with Crippen molar-refractivity contribution in [2.45, 2.75) is 6.92 Å². The number of amides is 1. The summed E-state index contributed by atoms with van der Waals surface area (Å²) in [5, 5.41) is 7.65. The van der Waals surface area contributed by atoms with Crippen molar-refractivity contribution in [2.24, 2.45) is 0 Å². The number of pyridine rings is 1. The van der Waals surface area contributed by atoms with Crippen LogP contribution in [0.3, 0.4) is 0 Å². The first-order chi connectivity index (χ1) is 11.1. The highest BCUT2D eigenvalue weighted by Crippen LogP contribution is 2.30. The second-order valence-electron chi connectivity index (χ2n) is 4.80. The van der Waals surface area contributed by atoms with Gasteiger partial charge in [-0.1, -0.05) is 35.3 Å². The molecule has 0 bridgehead atoms. The molecule has 7 heteroatoms. The minimum atomic E-state index is -0.311. The highest BCUT2D eigenvalue weighted by Gasteiger charge is 2.17. The van der Waals surface area contributed by atoms with Crippen LogP contribution in [0, 0.1) is 6.92 Å². The van der Waals surface area contributed by atoms with E-state index < -0.39 is 0 Å². The number of anilines is 1. The zero-order chi connectivity index (χ0) is 16.4. The molecule has 3 rings (SSSR count). The molecule has 5 nitrogen and oxygen atoms in total. The Balaban J connectivity index is 1.89. The minimum Gasteiger partial charge on any atom is -0.320 e. The molecule has 0 saturated carbocycles. The largest absolute Gasteiger partial charge is 0.320 e. The fraction of sp³-hybridized carbons (Fsp3) is 0.0625. The summed E-state index contributed by atoms with van der Waals surface area (Å²) in [6.07, 6.45) is 3.17. The van der Waals surface area contributed by atoms with Crippen molar-refractivity contribution in [1.29, 1.82) is 0 Å². The smallest absolute Gasteiger partial charge is 0.259 e. The molecule has 2 aromatic heterocycles. The number of hydrogen-bond acceptors (Lipinski definition) is 3. The average Bonchev–Trinajstić information content (AvgIpc) is 2.94. The Kier molecular flexibility index (Phi) is 4.32. The first-order valence-electron chi connectivity index (χ1n) is 6.79. The third-order valence-corrected chi connectivity index (χ3v) is 4.14. The Morgan fingerprint density at radius 2 is 2.00 bits per heavy atom. The molecule has 2 heterocycles. The Bertz CT molecular complexity index is 862. The van der Waals surface area contributed by atoms with Gasteiger partial charge in [0.15, 0.2) is 5.82 Å². The SMILES string of the molecule is Cc1c(C(=O)Nc2cccc(Cl)c2Cl)cnn1-c1ccccn1. The lowest BCUT2D eigenvalue weighted by Crippen LogP contribution is -2.13. The predicted molar refractivity (Wildman–Crippen MR) is 90.5 cm³/mol. The molecule has 0 spiro atoms. The van der Waals surface area contributed by atoms with Crippen molar-refractivity contribution < 1.29 is 4.79 Å². The molecule has 0 radical (unpaired) electrons. The Labute approximate surface area is 142 Å². The van der Waals surface area contributed by atoms with Crippen LogP contribution in [0.25, 0.3) is 5.82 Å². The normalized spacial score (nSPS) is 10.6. The summed E-state index contributed by atoms with van der Waals surface area (Å²) in [6, 6.07) is 10.5. The van der Waals surface area contributed by atoms with Crippen LogP contribution < -0.4 is 5.32 Å². The minimum absolute atomic E-state index is 0.303. The maximum absolute atomic E-state index is 12.5. The summed E-state index contributed by atoms with van der Waals surface area (Å²) in [7, 11) is 0. The van der Waals surface area contributed by atoms with Crippen molar-refractivity contribution in [3.63, 3.8) is 0 Å². The number of carbonyl (C=O) groups is 1. The van der Waals surface area contributed by atoms with Gasteiger partial charge in [0.2, 0.25) is 0 Å². The molecule has 0 aliphatic carbocycles. The maximum atomic E-state index is 12.5. The standard InChI is InChI=1S/C16H12Cl2N4O/c1-10-11(9-20-22(10)14-7-2-3-8-19-14)16(23)21-13-6-4-5-12(17)15(13)18/h2-9H,1H3,(H,21,23). The number of rotatable bonds is 3. The summed E-state index contributed by atoms with van der Waals surface area (Å²) in [5.74, 6) is 0.332. The number of halogens is 2. The summed E-state index contributed by atoms with van der Waals surface area (Å²) in [4.78, 5) is 16.7. The van der Waals surface area contributed by atoms with Crippen molar-refractivity contribution in [3.8, 4) is 5.82 Å². The number of benzene rings is 1. The van der Waals surface area contributed by atoms with E-state index in [9.17, 15) is 4.79 Å². The second kappa shape index (κ2) is 6.40. The molecule has 0 unspecified atom stereocenters. The molecule has 23 heavy (non-hydrogen) atoms. The van der Waals surface area contributed by atoms with E-state index in [0.717, 1.165) is 0 Å². The van der Waals surface area contributed by atoms with E-state index in [2.05, 4.69) is 15.4 Å². The molecule has 1 amide bonds. The lowest BCUT2D eigenvalue weighted by Gasteiger charge is -2.08. The molecule has 0 saturated heterocycles. The third kappa shape index (κ3) is 3.06. The quantitative estimate of drug-likeness (QED) is 0.775. The molecule has 1 N–H and O–H groups in total. The Morgan fingerprint density at radius 1 is 1.17 bits per heavy atom. The van der Waals surface area contributed by atoms with Crippen molar-refractivity contribution in [3.05, 3.63) is 70.1 Å². The molecular weight excluding hydrogens is 335 g/mol. The van der Waals surface area contributed by atoms with E-state index in [1.165, 1.54) is 6.20 Å². The fourth-order valence-electron chi connectivity index (χ4n) is 2.13. The van der Waals surface area contributed by atoms with Crippen LogP contribution >= 0.6 is 23.2 Å². The van der Waals surface area contributed by atoms with Crippen LogP contribution in [0.2, 0.25) is 10.0 Å². The van der Waals surface area contributed by atoms with Gasteiger partial charge in [-0.2, -0.15) is 5.10 Å². The van der Waals surface area contributed by atoms with E-state index in [-0.39, 0.29) is 5.91 Å². The topological polar surface area (TPSA) is 59.8 Å². The van der Waals surface area contributed by atoms with Gasteiger partial charge in [0.1, 0.15) is 0 Å². The Hall–Kier alpha value is -2.37. The molecule has 1 aromatic carbocycles. The maximum Gasteiger partial charge on any atom is 0.259 e. The van der Waals surface area contributed by atoms with Gasteiger partial charge in [-0.15, -0.1) is 0 Å². The first-order valence-corrected chi connectivity index (χ1v) is 7.55. The molecule has 116 valence electrons. The first kappa shape index (κ1) is 15.5. The van der Waals surface area contributed by atoms with Gasteiger partial charge in [-0.05, 0) is 31.2 Å². The molecule has 0 aliphatic heterocycles. The number of carbonyl (C=O) groups excluding carboxylic acids is 1. The molecule has 0 atom stereocenters. The molecule has 0 aliphatic rings. The zero-order valence-corrected chi connectivity index (χ0v) is 13.6. The van der Waals surface area contributed by atoms with Crippen LogP contribution in [-0.4, -0.2) is 20.7 Å². The highest BCUT2D eigenvalue weighted by atomic mass is 35.5. The summed E-state index contributed by atoms with van der Waals surface area (Å²) >= 11 is 12.0. The van der Waals surface area contributed by atoms with E-state index in [4.69, 9.17) is 23.2 Å². The summed E-state index contributed by atoms with van der Waals surface area (Å²) < 4.78 is 1.61. The lowest BCUT2D eigenvalue weighted by atomic mass is 10.2. The van der Waals surface area contributed by atoms with Crippen LogP contribution in [0.1, 0.15) is 16.1 Å². The average molecular weight is 347 g/mol. The monoisotopic (exact) mass is 346 g/mol. The third-order valence-electron chi connectivity index (χ3n) is 3.32. The van der Waals surface area contributed by atoms with Gasteiger partial charge in [-0.3, -0.25) is 4.79 Å². The van der Waals surface area contributed by atoms with Gasteiger partial charge in [0.05, 0.1) is 33.2 Å². The van der Waals surface area contributed by atoms with E-state index in [0.29, 0.717) is 32.8 Å². The van der Waals surface area contributed by atoms with Gasteiger partial charge in [-0.25, -0.2) is 9.67 Å². The number of nitrogens with one attached hydrogen (secondary N) is 1. The van der Waals surface area contributed by atoms with Crippen LogP contribution in [-0.2, 0) is 0 Å². The molecule has 0 fully saturated rings. The van der Waals surface area contributed by atoms with Crippen molar-refractivity contribution in [2.75, 3.05) is 5.32 Å². The van der Waals surface area contributed by atoms with Crippen LogP contribution in [0.15, 0.2) is 48.8 Å². The van der Waals surface area contributed by atoms with Gasteiger partial charge >= 0.3 is 0 Å². The molecule has 3 aromatic rings. The van der Waals surface area contributed by atoms with Gasteiger partial charge in [0.25, 0.3) is 5.91 Å². The summed E-state index contributed by atoms with van der Waals surface area (Å²) in [5.41, 5.74) is 1.57. The van der Waals surface area contributed by atoms with Gasteiger partial charge in [0, 0.05) is 6.20 Å².